The van der Waals surface area contributed by atoms with E-state index >= 15 is 0 Å². The Morgan fingerprint density at radius 1 is 1.29 bits per heavy atom. The summed E-state index contributed by atoms with van der Waals surface area (Å²) >= 11 is 0. The summed E-state index contributed by atoms with van der Waals surface area (Å²) in [4.78, 5) is 0. The molecule has 0 saturated carbocycles. The van der Waals surface area contributed by atoms with E-state index in [-0.39, 0.29) is 18.7 Å². The zero-order valence-corrected chi connectivity index (χ0v) is 10.7. The molecule has 1 rings (SSSR count). The van der Waals surface area contributed by atoms with Crippen molar-refractivity contribution in [2.24, 2.45) is 0 Å². The third-order valence-electron chi connectivity index (χ3n) is 2.64. The molecular weight excluding hydrogens is 214 g/mol. The molecule has 0 saturated heterocycles. The van der Waals surface area contributed by atoms with E-state index in [1.54, 1.807) is 0 Å². The van der Waals surface area contributed by atoms with Crippen LogP contribution >= 0.6 is 0 Å². The molecule has 0 aliphatic heterocycles. The molecule has 0 aliphatic rings. The Bertz CT molecular complexity index is 290. The van der Waals surface area contributed by atoms with Gasteiger partial charge in [0.15, 0.2) is 0 Å². The summed E-state index contributed by atoms with van der Waals surface area (Å²) in [5.74, 6) is 0. The summed E-state index contributed by atoms with van der Waals surface area (Å²) in [6.45, 7) is 5.62. The molecule has 0 radical (unpaired) electrons. The molecule has 0 aromatic heterocycles. The highest BCUT2D eigenvalue weighted by atomic mass is 16.5. The van der Waals surface area contributed by atoms with Crippen molar-refractivity contribution in [2.45, 2.75) is 32.4 Å². The normalized spacial score (nSPS) is 14.5. The average Bonchev–Trinajstić information content (AvgIpc) is 2.36. The lowest BCUT2D eigenvalue weighted by Crippen LogP contribution is -2.42. The lowest BCUT2D eigenvalue weighted by molar-refractivity contribution is 0.117. The molecule has 0 amide bonds. The minimum atomic E-state index is 0.0906. The van der Waals surface area contributed by atoms with Crippen LogP contribution in [0, 0.1) is 0 Å². The SMILES string of the molecule is CCOCC(C)N[C@@H](CO)Cc1ccccc1. The first-order valence-electron chi connectivity index (χ1n) is 6.24. The molecular formula is C14H23NO2. The first kappa shape index (κ1) is 14.2. The Morgan fingerprint density at radius 2 is 2.00 bits per heavy atom. The van der Waals surface area contributed by atoms with Crippen LogP contribution in [-0.4, -0.2) is 37.0 Å². The van der Waals surface area contributed by atoms with Gasteiger partial charge >= 0.3 is 0 Å². The molecule has 0 fully saturated rings. The Labute approximate surface area is 104 Å². The summed E-state index contributed by atoms with van der Waals surface area (Å²) < 4.78 is 5.35. The third kappa shape index (κ3) is 5.82. The molecule has 2 atom stereocenters. The third-order valence-corrected chi connectivity index (χ3v) is 2.64. The van der Waals surface area contributed by atoms with Crippen molar-refractivity contribution in [2.75, 3.05) is 19.8 Å². The van der Waals surface area contributed by atoms with Gasteiger partial charge in [0.2, 0.25) is 0 Å². The quantitative estimate of drug-likeness (QED) is 0.721. The van der Waals surface area contributed by atoms with Crippen molar-refractivity contribution in [1.82, 2.24) is 5.32 Å². The smallest absolute Gasteiger partial charge is 0.0616 e. The van der Waals surface area contributed by atoms with E-state index in [2.05, 4.69) is 24.4 Å². The molecule has 0 heterocycles. The number of hydrogen-bond acceptors (Lipinski definition) is 3. The largest absolute Gasteiger partial charge is 0.395 e. The van der Waals surface area contributed by atoms with E-state index in [4.69, 9.17) is 4.74 Å². The van der Waals surface area contributed by atoms with Gasteiger partial charge in [-0.25, -0.2) is 0 Å². The van der Waals surface area contributed by atoms with Crippen LogP contribution in [0.5, 0.6) is 0 Å². The van der Waals surface area contributed by atoms with Gasteiger partial charge in [0.25, 0.3) is 0 Å². The number of ether oxygens (including phenoxy) is 1. The fourth-order valence-electron chi connectivity index (χ4n) is 1.82. The lowest BCUT2D eigenvalue weighted by atomic mass is 10.1. The predicted octanol–water partition coefficient (Wildman–Crippen LogP) is 1.60. The van der Waals surface area contributed by atoms with Crippen LogP contribution in [-0.2, 0) is 11.2 Å². The van der Waals surface area contributed by atoms with Gasteiger partial charge in [-0.3, -0.25) is 0 Å². The van der Waals surface area contributed by atoms with Crippen LogP contribution in [0.25, 0.3) is 0 Å². The van der Waals surface area contributed by atoms with Crippen LogP contribution in [0.15, 0.2) is 30.3 Å². The standard InChI is InChI=1S/C14H23NO2/c1-3-17-11-12(2)15-14(10-16)9-13-7-5-4-6-8-13/h4-8,12,14-16H,3,9-11H2,1-2H3/t12?,14-/m1/s1. The van der Waals surface area contributed by atoms with E-state index in [1.807, 2.05) is 25.1 Å². The van der Waals surface area contributed by atoms with Crippen LogP contribution in [0.4, 0.5) is 0 Å². The Kier molecular flexibility index (Phi) is 6.86. The molecule has 1 aromatic carbocycles. The van der Waals surface area contributed by atoms with Crippen LogP contribution in [0.3, 0.4) is 0 Å². The van der Waals surface area contributed by atoms with Crippen LogP contribution < -0.4 is 5.32 Å². The number of aliphatic hydroxyl groups excluding tert-OH is 1. The number of benzene rings is 1. The molecule has 1 unspecified atom stereocenters. The summed E-state index contributed by atoms with van der Waals surface area (Å²) in [6.07, 6.45) is 0.841. The molecule has 3 nitrogen and oxygen atoms in total. The van der Waals surface area contributed by atoms with Gasteiger partial charge in [0, 0.05) is 18.7 Å². The highest BCUT2D eigenvalue weighted by Gasteiger charge is 2.11. The fraction of sp³-hybridized carbons (Fsp3) is 0.571. The molecule has 96 valence electrons. The van der Waals surface area contributed by atoms with Crippen molar-refractivity contribution < 1.29 is 9.84 Å². The van der Waals surface area contributed by atoms with Gasteiger partial charge in [0.05, 0.1) is 13.2 Å². The molecule has 0 aliphatic carbocycles. The van der Waals surface area contributed by atoms with Gasteiger partial charge in [0.1, 0.15) is 0 Å². The zero-order valence-electron chi connectivity index (χ0n) is 10.7. The highest BCUT2D eigenvalue weighted by molar-refractivity contribution is 5.15. The van der Waals surface area contributed by atoms with E-state index in [1.165, 1.54) is 5.56 Å². The number of aliphatic hydroxyl groups is 1. The Balaban J connectivity index is 2.38. The topological polar surface area (TPSA) is 41.5 Å². The van der Waals surface area contributed by atoms with Crippen molar-refractivity contribution >= 4 is 0 Å². The summed E-state index contributed by atoms with van der Waals surface area (Å²) in [5.41, 5.74) is 1.24. The van der Waals surface area contributed by atoms with E-state index in [0.717, 1.165) is 13.0 Å². The maximum atomic E-state index is 9.36. The van der Waals surface area contributed by atoms with Gasteiger partial charge < -0.3 is 15.2 Å². The van der Waals surface area contributed by atoms with Crippen molar-refractivity contribution in [1.29, 1.82) is 0 Å². The predicted molar refractivity (Wildman–Crippen MR) is 70.1 cm³/mol. The molecule has 2 N–H and O–H groups in total. The number of hydrogen-bond donors (Lipinski definition) is 2. The zero-order chi connectivity index (χ0) is 12.5. The Hall–Kier alpha value is -0.900. The van der Waals surface area contributed by atoms with Crippen molar-refractivity contribution in [3.05, 3.63) is 35.9 Å². The fourth-order valence-corrected chi connectivity index (χ4v) is 1.82. The first-order valence-corrected chi connectivity index (χ1v) is 6.24. The Morgan fingerprint density at radius 3 is 2.59 bits per heavy atom. The van der Waals surface area contributed by atoms with Gasteiger partial charge in [-0.2, -0.15) is 0 Å². The second-order valence-electron chi connectivity index (χ2n) is 4.30. The monoisotopic (exact) mass is 237 g/mol. The van der Waals surface area contributed by atoms with E-state index in [0.29, 0.717) is 6.61 Å². The van der Waals surface area contributed by atoms with E-state index in [9.17, 15) is 5.11 Å². The lowest BCUT2D eigenvalue weighted by Gasteiger charge is -2.21. The second kappa shape index (κ2) is 8.23. The highest BCUT2D eigenvalue weighted by Crippen LogP contribution is 2.03. The van der Waals surface area contributed by atoms with Gasteiger partial charge in [-0.15, -0.1) is 0 Å². The van der Waals surface area contributed by atoms with Crippen molar-refractivity contribution in [3.8, 4) is 0 Å². The molecule has 0 spiro atoms. The summed E-state index contributed by atoms with van der Waals surface area (Å²) in [5, 5.41) is 12.7. The average molecular weight is 237 g/mol. The number of rotatable bonds is 8. The second-order valence-corrected chi connectivity index (χ2v) is 4.30. The van der Waals surface area contributed by atoms with Gasteiger partial charge in [-0.05, 0) is 25.8 Å². The molecule has 17 heavy (non-hydrogen) atoms. The van der Waals surface area contributed by atoms with Crippen LogP contribution in [0.2, 0.25) is 0 Å². The first-order chi connectivity index (χ1) is 8.26. The molecule has 0 bridgehead atoms. The summed E-state index contributed by atoms with van der Waals surface area (Å²) in [7, 11) is 0. The maximum absolute atomic E-state index is 9.36. The van der Waals surface area contributed by atoms with Crippen molar-refractivity contribution in [3.63, 3.8) is 0 Å². The van der Waals surface area contributed by atoms with Crippen LogP contribution in [0.1, 0.15) is 19.4 Å². The summed E-state index contributed by atoms with van der Waals surface area (Å²) in [6, 6.07) is 10.6. The molecule has 1 aromatic rings. The molecule has 3 heteroatoms. The minimum Gasteiger partial charge on any atom is -0.395 e. The van der Waals surface area contributed by atoms with Gasteiger partial charge in [-0.1, -0.05) is 30.3 Å². The van der Waals surface area contributed by atoms with E-state index < -0.39 is 0 Å². The minimum absolute atomic E-state index is 0.0906. The number of nitrogens with one attached hydrogen (secondary N) is 1. The maximum Gasteiger partial charge on any atom is 0.0616 e.